The zero-order valence-electron chi connectivity index (χ0n) is 14.4. The SMILES string of the molecule is Cc1noc(C)c1C(=O)NC[C@@H](c1cccc(F)c1)N1CCOCC1. The summed E-state index contributed by atoms with van der Waals surface area (Å²) < 4.78 is 24.1. The number of amides is 1. The van der Waals surface area contributed by atoms with Crippen LogP contribution in [-0.4, -0.2) is 48.8 Å². The van der Waals surface area contributed by atoms with Crippen LogP contribution < -0.4 is 5.32 Å². The van der Waals surface area contributed by atoms with Gasteiger partial charge in [0.15, 0.2) is 0 Å². The molecule has 0 bridgehead atoms. The first-order valence-corrected chi connectivity index (χ1v) is 8.34. The smallest absolute Gasteiger partial charge is 0.256 e. The monoisotopic (exact) mass is 347 g/mol. The number of benzene rings is 1. The standard InChI is InChI=1S/C18H22FN3O3/c1-12-17(13(2)25-21-12)18(23)20-11-16(22-6-8-24-9-7-22)14-4-3-5-15(19)10-14/h3-5,10,16H,6-9,11H2,1-2H3,(H,20,23)/t16-/m0/s1. The van der Waals surface area contributed by atoms with Crippen molar-refractivity contribution in [3.8, 4) is 0 Å². The van der Waals surface area contributed by atoms with E-state index < -0.39 is 0 Å². The molecule has 1 amide bonds. The minimum atomic E-state index is -0.284. The highest BCUT2D eigenvalue weighted by atomic mass is 19.1. The van der Waals surface area contributed by atoms with Crippen LogP contribution in [0.15, 0.2) is 28.8 Å². The van der Waals surface area contributed by atoms with Crippen molar-refractivity contribution in [3.05, 3.63) is 52.7 Å². The second-order valence-electron chi connectivity index (χ2n) is 6.13. The number of hydrogen-bond donors (Lipinski definition) is 1. The van der Waals surface area contributed by atoms with E-state index in [1.165, 1.54) is 12.1 Å². The van der Waals surface area contributed by atoms with Crippen LogP contribution in [-0.2, 0) is 4.74 Å². The molecule has 1 aromatic heterocycles. The van der Waals surface area contributed by atoms with Crippen molar-refractivity contribution >= 4 is 5.91 Å². The third-order valence-corrected chi connectivity index (χ3v) is 4.44. The van der Waals surface area contributed by atoms with Crippen molar-refractivity contribution < 1.29 is 18.4 Å². The Morgan fingerprint density at radius 2 is 2.12 bits per heavy atom. The van der Waals surface area contributed by atoms with Crippen molar-refractivity contribution in [2.45, 2.75) is 19.9 Å². The van der Waals surface area contributed by atoms with Crippen LogP contribution in [0.3, 0.4) is 0 Å². The van der Waals surface area contributed by atoms with Crippen LogP contribution in [0.2, 0.25) is 0 Å². The maximum absolute atomic E-state index is 13.7. The fourth-order valence-electron chi connectivity index (χ4n) is 3.15. The van der Waals surface area contributed by atoms with Gasteiger partial charge in [-0.25, -0.2) is 4.39 Å². The Labute approximate surface area is 145 Å². The van der Waals surface area contributed by atoms with E-state index in [0.29, 0.717) is 36.8 Å². The molecular weight excluding hydrogens is 325 g/mol. The van der Waals surface area contributed by atoms with Crippen molar-refractivity contribution in [1.29, 1.82) is 0 Å². The van der Waals surface area contributed by atoms with Crippen LogP contribution in [0.1, 0.15) is 33.4 Å². The predicted molar refractivity (Wildman–Crippen MR) is 89.8 cm³/mol. The Kier molecular flexibility index (Phi) is 5.45. The molecule has 25 heavy (non-hydrogen) atoms. The average molecular weight is 347 g/mol. The molecular formula is C18H22FN3O3. The fraction of sp³-hybridized carbons (Fsp3) is 0.444. The van der Waals surface area contributed by atoms with Crippen molar-refractivity contribution in [1.82, 2.24) is 15.4 Å². The highest BCUT2D eigenvalue weighted by Crippen LogP contribution is 2.22. The number of aryl methyl sites for hydroxylation is 2. The molecule has 134 valence electrons. The molecule has 0 radical (unpaired) electrons. The number of nitrogens with zero attached hydrogens (tertiary/aromatic N) is 2. The summed E-state index contributed by atoms with van der Waals surface area (Å²) >= 11 is 0. The van der Waals surface area contributed by atoms with E-state index in [0.717, 1.165) is 18.7 Å². The minimum Gasteiger partial charge on any atom is -0.379 e. The van der Waals surface area contributed by atoms with Crippen molar-refractivity contribution in [2.75, 3.05) is 32.8 Å². The Bertz CT molecular complexity index is 721. The average Bonchev–Trinajstić information content (AvgIpc) is 2.94. The van der Waals surface area contributed by atoms with Gasteiger partial charge in [0.2, 0.25) is 0 Å². The highest BCUT2D eigenvalue weighted by Gasteiger charge is 2.25. The number of nitrogens with one attached hydrogen (secondary N) is 1. The van der Waals surface area contributed by atoms with Crippen molar-refractivity contribution in [3.63, 3.8) is 0 Å². The summed E-state index contributed by atoms with van der Waals surface area (Å²) in [5.74, 6) is -0.0256. The van der Waals surface area contributed by atoms with Gasteiger partial charge in [-0.05, 0) is 31.5 Å². The van der Waals surface area contributed by atoms with E-state index in [1.807, 2.05) is 6.07 Å². The molecule has 0 spiro atoms. The Morgan fingerprint density at radius 1 is 1.36 bits per heavy atom. The van der Waals surface area contributed by atoms with E-state index >= 15 is 0 Å². The van der Waals surface area contributed by atoms with Gasteiger partial charge >= 0.3 is 0 Å². The minimum absolute atomic E-state index is 0.121. The van der Waals surface area contributed by atoms with Gasteiger partial charge in [-0.2, -0.15) is 0 Å². The van der Waals surface area contributed by atoms with Crippen molar-refractivity contribution in [2.24, 2.45) is 0 Å². The first-order chi connectivity index (χ1) is 12.1. The summed E-state index contributed by atoms with van der Waals surface area (Å²) in [5, 5.41) is 6.75. The largest absolute Gasteiger partial charge is 0.379 e. The third-order valence-electron chi connectivity index (χ3n) is 4.44. The number of halogens is 1. The molecule has 1 fully saturated rings. The molecule has 1 atom stereocenters. The molecule has 0 unspecified atom stereocenters. The summed E-state index contributed by atoms with van der Waals surface area (Å²) in [7, 11) is 0. The summed E-state index contributed by atoms with van der Waals surface area (Å²) in [6.07, 6.45) is 0. The van der Waals surface area contributed by atoms with E-state index in [-0.39, 0.29) is 17.8 Å². The van der Waals surface area contributed by atoms with Crippen LogP contribution in [0.25, 0.3) is 0 Å². The topological polar surface area (TPSA) is 67.6 Å². The molecule has 0 saturated carbocycles. The number of aromatic nitrogens is 1. The lowest BCUT2D eigenvalue weighted by Gasteiger charge is -2.35. The van der Waals surface area contributed by atoms with Crippen LogP contribution in [0.4, 0.5) is 4.39 Å². The van der Waals surface area contributed by atoms with Gasteiger partial charge in [0, 0.05) is 19.6 Å². The molecule has 1 aliphatic rings. The summed E-state index contributed by atoms with van der Waals surface area (Å²) in [4.78, 5) is 14.7. The lowest BCUT2D eigenvalue weighted by molar-refractivity contribution is 0.0162. The molecule has 1 N–H and O–H groups in total. The number of morpholine rings is 1. The summed E-state index contributed by atoms with van der Waals surface area (Å²) in [5.41, 5.74) is 1.85. The third kappa shape index (κ3) is 4.05. The Morgan fingerprint density at radius 3 is 2.76 bits per heavy atom. The van der Waals surface area contributed by atoms with Gasteiger partial charge in [0.05, 0.1) is 24.9 Å². The lowest BCUT2D eigenvalue weighted by atomic mass is 10.0. The fourth-order valence-corrected chi connectivity index (χ4v) is 3.15. The maximum Gasteiger partial charge on any atom is 0.256 e. The summed E-state index contributed by atoms with van der Waals surface area (Å²) in [6.45, 7) is 6.54. The maximum atomic E-state index is 13.7. The molecule has 0 aliphatic carbocycles. The number of hydrogen-bond acceptors (Lipinski definition) is 5. The number of ether oxygens (including phenoxy) is 1. The quantitative estimate of drug-likeness (QED) is 0.898. The molecule has 1 saturated heterocycles. The summed E-state index contributed by atoms with van der Waals surface area (Å²) in [6, 6.07) is 6.38. The van der Waals surface area contributed by atoms with Gasteiger partial charge in [0.25, 0.3) is 5.91 Å². The molecule has 2 aromatic rings. The van der Waals surface area contributed by atoms with E-state index in [1.54, 1.807) is 19.9 Å². The Balaban J connectivity index is 1.76. The van der Waals surface area contributed by atoms with Crippen LogP contribution in [0, 0.1) is 19.7 Å². The van der Waals surface area contributed by atoms with Gasteiger partial charge < -0.3 is 14.6 Å². The molecule has 3 rings (SSSR count). The van der Waals surface area contributed by atoms with E-state index in [4.69, 9.17) is 9.26 Å². The van der Waals surface area contributed by atoms with Gasteiger partial charge in [-0.3, -0.25) is 9.69 Å². The van der Waals surface area contributed by atoms with E-state index in [9.17, 15) is 9.18 Å². The van der Waals surface area contributed by atoms with Gasteiger partial charge in [-0.1, -0.05) is 17.3 Å². The molecule has 1 aliphatic heterocycles. The molecule has 6 nitrogen and oxygen atoms in total. The zero-order chi connectivity index (χ0) is 17.8. The predicted octanol–water partition coefficient (Wildman–Crippen LogP) is 2.23. The zero-order valence-corrected chi connectivity index (χ0v) is 14.4. The molecule has 7 heteroatoms. The highest BCUT2D eigenvalue weighted by molar-refractivity contribution is 5.96. The molecule has 2 heterocycles. The van der Waals surface area contributed by atoms with E-state index in [2.05, 4.69) is 15.4 Å². The lowest BCUT2D eigenvalue weighted by Crippen LogP contribution is -2.44. The number of carbonyl (C=O) groups excluding carboxylic acids is 1. The second kappa shape index (κ2) is 7.76. The van der Waals surface area contributed by atoms with Gasteiger partial charge in [0.1, 0.15) is 17.1 Å². The molecule has 1 aromatic carbocycles. The van der Waals surface area contributed by atoms with Gasteiger partial charge in [-0.15, -0.1) is 0 Å². The Hall–Kier alpha value is -2.25. The number of rotatable bonds is 5. The van der Waals surface area contributed by atoms with Crippen LogP contribution in [0.5, 0.6) is 0 Å². The number of carbonyl (C=O) groups is 1. The normalized spacial score (nSPS) is 16.6. The van der Waals surface area contributed by atoms with Crippen LogP contribution >= 0.6 is 0 Å². The first-order valence-electron chi connectivity index (χ1n) is 8.34. The first kappa shape index (κ1) is 17.6. The second-order valence-corrected chi connectivity index (χ2v) is 6.13.